The van der Waals surface area contributed by atoms with E-state index in [-0.39, 0.29) is 6.79 Å². The van der Waals surface area contributed by atoms with E-state index < -0.39 is 0 Å². The highest BCUT2D eigenvalue weighted by Crippen LogP contribution is 2.35. The first kappa shape index (κ1) is 12.2. The van der Waals surface area contributed by atoms with Crippen molar-refractivity contribution < 1.29 is 9.47 Å². The zero-order chi connectivity index (χ0) is 14.4. The number of rotatable bonds is 2. The summed E-state index contributed by atoms with van der Waals surface area (Å²) >= 11 is 1.39. The lowest BCUT2D eigenvalue weighted by molar-refractivity contribution is 0.174. The van der Waals surface area contributed by atoms with Crippen molar-refractivity contribution in [1.82, 2.24) is 19.7 Å². The summed E-state index contributed by atoms with van der Waals surface area (Å²) in [5.74, 6) is 2.15. The van der Waals surface area contributed by atoms with Crippen molar-refractivity contribution in [2.45, 2.75) is 6.92 Å². The number of benzene rings is 1. The minimum Gasteiger partial charge on any atom is -0.454 e. The molecule has 0 unspecified atom stereocenters. The number of hydrogen-bond donors (Lipinski definition) is 1. The number of aromatic nitrogens is 4. The van der Waals surface area contributed by atoms with Gasteiger partial charge in [0.2, 0.25) is 6.79 Å². The molecule has 1 aliphatic rings. The summed E-state index contributed by atoms with van der Waals surface area (Å²) in [6.07, 6.45) is 1.51. The molecule has 1 aliphatic heterocycles. The summed E-state index contributed by atoms with van der Waals surface area (Å²) < 4.78 is 12.5. The van der Waals surface area contributed by atoms with Gasteiger partial charge in [-0.15, -0.1) is 0 Å². The summed E-state index contributed by atoms with van der Waals surface area (Å²) in [6.45, 7) is 2.15. The first-order valence-corrected chi connectivity index (χ1v) is 7.07. The molecule has 3 heterocycles. The number of hydrogen-bond acceptors (Lipinski definition) is 7. The Morgan fingerprint density at radius 3 is 2.95 bits per heavy atom. The first-order valence-electron chi connectivity index (χ1n) is 6.25. The molecule has 0 aliphatic carbocycles. The van der Waals surface area contributed by atoms with Gasteiger partial charge in [0.05, 0.1) is 16.3 Å². The highest BCUT2D eigenvalue weighted by Gasteiger charge is 2.18. The van der Waals surface area contributed by atoms with E-state index in [1.807, 2.05) is 25.1 Å². The fraction of sp³-hybridized carbons (Fsp3) is 0.154. The Labute approximate surface area is 124 Å². The molecule has 0 radical (unpaired) electrons. The van der Waals surface area contributed by atoms with Crippen LogP contribution in [0, 0.1) is 6.92 Å². The molecule has 0 saturated heterocycles. The summed E-state index contributed by atoms with van der Waals surface area (Å²) in [4.78, 5) is 9.46. The van der Waals surface area contributed by atoms with E-state index in [0.29, 0.717) is 16.7 Å². The minimum atomic E-state index is 0.244. The van der Waals surface area contributed by atoms with E-state index in [4.69, 9.17) is 15.2 Å². The van der Waals surface area contributed by atoms with E-state index in [0.717, 1.165) is 22.0 Å². The lowest BCUT2D eigenvalue weighted by Crippen LogP contribution is -1.99. The van der Waals surface area contributed by atoms with Gasteiger partial charge in [0.1, 0.15) is 6.33 Å². The van der Waals surface area contributed by atoms with Crippen LogP contribution in [0.5, 0.6) is 11.5 Å². The molecule has 0 fully saturated rings. The van der Waals surface area contributed by atoms with Crippen LogP contribution < -0.4 is 15.2 Å². The van der Waals surface area contributed by atoms with E-state index in [2.05, 4.69) is 15.1 Å². The molecule has 7 nitrogen and oxygen atoms in total. The molecule has 4 rings (SSSR count). The van der Waals surface area contributed by atoms with Crippen molar-refractivity contribution in [2.24, 2.45) is 0 Å². The van der Waals surface area contributed by atoms with Gasteiger partial charge in [0.15, 0.2) is 22.5 Å². The number of ether oxygens (including phenoxy) is 2. The van der Waals surface area contributed by atoms with Crippen LogP contribution in [0.3, 0.4) is 0 Å². The van der Waals surface area contributed by atoms with E-state index >= 15 is 0 Å². The molecule has 106 valence electrons. The fourth-order valence-electron chi connectivity index (χ4n) is 2.23. The molecule has 2 aromatic heterocycles. The van der Waals surface area contributed by atoms with Crippen LogP contribution in [-0.4, -0.2) is 26.5 Å². The summed E-state index contributed by atoms with van der Waals surface area (Å²) in [5, 5.41) is 4.80. The van der Waals surface area contributed by atoms with E-state index in [9.17, 15) is 0 Å². The average Bonchev–Trinajstić information content (AvgIpc) is 3.16. The molecule has 0 saturated carbocycles. The zero-order valence-electron chi connectivity index (χ0n) is 11.1. The average molecular weight is 301 g/mol. The van der Waals surface area contributed by atoms with Crippen LogP contribution in [-0.2, 0) is 0 Å². The van der Waals surface area contributed by atoms with Gasteiger partial charge >= 0.3 is 0 Å². The van der Waals surface area contributed by atoms with Crippen molar-refractivity contribution in [3.8, 4) is 27.9 Å². The second kappa shape index (κ2) is 4.45. The molecule has 8 heteroatoms. The van der Waals surface area contributed by atoms with Gasteiger partial charge in [-0.2, -0.15) is 5.10 Å². The Kier molecular flexibility index (Phi) is 2.58. The zero-order valence-corrected chi connectivity index (χ0v) is 11.9. The molecule has 3 aromatic rings. The highest BCUT2D eigenvalue weighted by molar-refractivity contribution is 7.18. The van der Waals surface area contributed by atoms with Crippen molar-refractivity contribution in [3.63, 3.8) is 0 Å². The largest absolute Gasteiger partial charge is 0.454 e. The molecule has 1 aromatic carbocycles. The van der Waals surface area contributed by atoms with E-state index in [1.165, 1.54) is 17.7 Å². The Balaban J connectivity index is 1.84. The van der Waals surface area contributed by atoms with Gasteiger partial charge in [-0.1, -0.05) is 11.3 Å². The molecule has 0 bridgehead atoms. The number of anilines is 1. The number of aryl methyl sites for hydroxylation is 1. The summed E-state index contributed by atoms with van der Waals surface area (Å²) in [5.41, 5.74) is 7.45. The van der Waals surface area contributed by atoms with Crippen LogP contribution in [0.1, 0.15) is 5.69 Å². The Bertz CT molecular complexity index is 826. The Morgan fingerprint density at radius 1 is 1.29 bits per heavy atom. The second-order valence-electron chi connectivity index (χ2n) is 4.50. The second-order valence-corrected chi connectivity index (χ2v) is 5.53. The van der Waals surface area contributed by atoms with Crippen LogP contribution in [0.2, 0.25) is 0 Å². The maximum atomic E-state index is 5.76. The quantitative estimate of drug-likeness (QED) is 0.779. The number of nitrogens with two attached hydrogens (primary N) is 1. The molecule has 2 N–H and O–H groups in total. The predicted octanol–water partition coefficient (Wildman–Crippen LogP) is 2.01. The molecule has 0 spiro atoms. The van der Waals surface area contributed by atoms with Crippen molar-refractivity contribution in [1.29, 1.82) is 0 Å². The molecular weight excluding hydrogens is 290 g/mol. The summed E-state index contributed by atoms with van der Waals surface area (Å²) in [6, 6.07) is 5.64. The molecular formula is C13H11N5O2S. The monoisotopic (exact) mass is 301 g/mol. The van der Waals surface area contributed by atoms with Gasteiger partial charge in [-0.3, -0.25) is 0 Å². The van der Waals surface area contributed by atoms with Crippen LogP contribution in [0.4, 0.5) is 5.13 Å². The highest BCUT2D eigenvalue weighted by atomic mass is 32.1. The maximum Gasteiger partial charge on any atom is 0.231 e. The number of nitrogen functional groups attached to an aromatic ring is 1. The number of fused-ring (bicyclic) bond motifs is 1. The van der Waals surface area contributed by atoms with Gasteiger partial charge in [-0.25, -0.2) is 14.6 Å². The van der Waals surface area contributed by atoms with Gasteiger partial charge in [0.25, 0.3) is 0 Å². The fourth-order valence-corrected chi connectivity index (χ4v) is 3.04. The molecule has 21 heavy (non-hydrogen) atoms. The smallest absolute Gasteiger partial charge is 0.231 e. The van der Waals surface area contributed by atoms with Crippen molar-refractivity contribution in [2.75, 3.05) is 12.5 Å². The first-order chi connectivity index (χ1) is 10.2. The van der Waals surface area contributed by atoms with Gasteiger partial charge < -0.3 is 15.2 Å². The number of nitrogens with zero attached hydrogens (tertiary/aromatic N) is 4. The third kappa shape index (κ3) is 1.91. The lowest BCUT2D eigenvalue weighted by Gasteiger charge is -2.06. The van der Waals surface area contributed by atoms with Crippen LogP contribution >= 0.6 is 11.3 Å². The standard InChI is InChI=1S/C13H11N5O2S/c1-7-11(21-13(14)17-7)12-15-5-16-18(12)8-2-3-9-10(4-8)20-6-19-9/h2-5H,6H2,1H3,(H2,14,17). The predicted molar refractivity (Wildman–Crippen MR) is 77.7 cm³/mol. The third-order valence-electron chi connectivity index (χ3n) is 3.16. The third-order valence-corrected chi connectivity index (χ3v) is 4.15. The maximum absolute atomic E-state index is 5.76. The van der Waals surface area contributed by atoms with E-state index in [1.54, 1.807) is 4.68 Å². The van der Waals surface area contributed by atoms with Gasteiger partial charge in [-0.05, 0) is 19.1 Å². The van der Waals surface area contributed by atoms with Crippen LogP contribution in [0.15, 0.2) is 24.5 Å². The normalized spacial score (nSPS) is 12.8. The molecule has 0 atom stereocenters. The minimum absolute atomic E-state index is 0.244. The Hall–Kier alpha value is -2.61. The number of thiazole rings is 1. The lowest BCUT2D eigenvalue weighted by atomic mass is 10.2. The molecule has 0 amide bonds. The SMILES string of the molecule is Cc1nc(N)sc1-c1ncnn1-c1ccc2c(c1)OCO2. The van der Waals surface area contributed by atoms with Crippen LogP contribution in [0.25, 0.3) is 16.4 Å². The topological polar surface area (TPSA) is 88.1 Å². The Morgan fingerprint density at radius 2 is 2.14 bits per heavy atom. The van der Waals surface area contributed by atoms with Gasteiger partial charge in [0, 0.05) is 6.07 Å². The van der Waals surface area contributed by atoms with Crippen molar-refractivity contribution >= 4 is 16.5 Å². The summed E-state index contributed by atoms with van der Waals surface area (Å²) in [7, 11) is 0. The van der Waals surface area contributed by atoms with Crippen molar-refractivity contribution in [3.05, 3.63) is 30.2 Å².